The van der Waals surface area contributed by atoms with Crippen LogP contribution >= 0.6 is 11.6 Å². The van der Waals surface area contributed by atoms with Crippen molar-refractivity contribution in [1.82, 2.24) is 10.2 Å². The SMILES string of the molecule is CC.CC.CC.CC.CC.CC.ClCCOC(c1ccccc1)c1ccccc1.OC(c1ccccc1)c1ccccc1.c1ccc(C(OCCN2CCNCC2)c2ccccc2)cc1. The summed E-state index contributed by atoms with van der Waals surface area (Å²) in [6.07, 6.45) is -0.529. The largest absolute Gasteiger partial charge is 0.384 e. The number of piperazine rings is 1. The highest BCUT2D eigenvalue weighted by Gasteiger charge is 2.16. The topological polar surface area (TPSA) is 54.0 Å². The van der Waals surface area contributed by atoms with Crippen molar-refractivity contribution in [1.29, 1.82) is 0 Å². The van der Waals surface area contributed by atoms with Gasteiger partial charge >= 0.3 is 0 Å². The first-order chi connectivity index (χ1) is 32.2. The van der Waals surface area contributed by atoms with E-state index >= 15 is 0 Å². The summed E-state index contributed by atoms with van der Waals surface area (Å²) in [6, 6.07) is 60.7. The van der Waals surface area contributed by atoms with Crippen molar-refractivity contribution < 1.29 is 14.6 Å². The van der Waals surface area contributed by atoms with E-state index < -0.39 is 6.10 Å². The van der Waals surface area contributed by atoms with Crippen molar-refractivity contribution in [2.45, 2.75) is 101 Å². The number of alkyl halides is 1. The fourth-order valence-corrected chi connectivity index (χ4v) is 6.23. The fourth-order valence-electron chi connectivity index (χ4n) is 6.14. The van der Waals surface area contributed by atoms with E-state index in [9.17, 15) is 5.11 Å². The summed E-state index contributed by atoms with van der Waals surface area (Å²) >= 11 is 5.70. The first-order valence-electron chi connectivity index (χ1n) is 24.4. The molecule has 0 saturated carbocycles. The molecule has 65 heavy (non-hydrogen) atoms. The highest BCUT2D eigenvalue weighted by atomic mass is 35.5. The highest BCUT2D eigenvalue weighted by Crippen LogP contribution is 2.27. The Balaban J connectivity index is 0. The van der Waals surface area contributed by atoms with Gasteiger partial charge in [-0.25, -0.2) is 0 Å². The average Bonchev–Trinajstić information content (AvgIpc) is 3.43. The van der Waals surface area contributed by atoms with Crippen LogP contribution in [-0.2, 0) is 9.47 Å². The summed E-state index contributed by atoms with van der Waals surface area (Å²) in [5, 5.41) is 13.4. The minimum absolute atomic E-state index is 0.0188. The summed E-state index contributed by atoms with van der Waals surface area (Å²) in [5.41, 5.74) is 6.60. The Hall–Kier alpha value is -4.59. The van der Waals surface area contributed by atoms with Gasteiger partial charge in [0, 0.05) is 38.6 Å². The quantitative estimate of drug-likeness (QED) is 0.113. The van der Waals surface area contributed by atoms with E-state index in [0.717, 1.165) is 61.6 Å². The van der Waals surface area contributed by atoms with Gasteiger partial charge in [-0.15, -0.1) is 11.6 Å². The monoisotopic (exact) mass is 907 g/mol. The number of hydrogen-bond donors (Lipinski definition) is 2. The number of ether oxygens (including phenoxy) is 2. The number of nitrogens with zero attached hydrogens (tertiary/aromatic N) is 1. The lowest BCUT2D eigenvalue weighted by atomic mass is 10.0. The smallest absolute Gasteiger partial charge is 0.108 e. The molecule has 6 aromatic rings. The molecular formula is C59H87ClN2O3. The van der Waals surface area contributed by atoms with Crippen LogP contribution in [0.5, 0.6) is 0 Å². The number of hydrogen-bond acceptors (Lipinski definition) is 5. The highest BCUT2D eigenvalue weighted by molar-refractivity contribution is 6.17. The van der Waals surface area contributed by atoms with Crippen molar-refractivity contribution in [3.8, 4) is 0 Å². The molecule has 6 aromatic carbocycles. The molecule has 1 fully saturated rings. The van der Waals surface area contributed by atoms with Crippen molar-refractivity contribution in [2.75, 3.05) is 51.8 Å². The second kappa shape index (κ2) is 46.0. The standard InChI is InChI=1S/C19H24N2O.C15H15ClO.C13H12O.6C2H6/c1-3-7-17(8-4-1)19(18-9-5-2-6-10-18)22-16-15-21-13-11-20-12-14-21;16-11-12-17-15(13-7-3-1-4-8-13)14-9-5-2-6-10-14;14-13(11-7-3-1-4-8-11)12-9-5-2-6-10-12;6*1-2/h1-10,19-20H,11-16H2;1-10,15H,11-12H2;1-10,13-14H;6*1-2H3. The molecule has 0 unspecified atom stereocenters. The molecule has 5 nitrogen and oxygen atoms in total. The number of benzene rings is 6. The van der Waals surface area contributed by atoms with Gasteiger partial charge in [0.05, 0.1) is 13.2 Å². The Morgan fingerprint density at radius 1 is 0.415 bits per heavy atom. The Morgan fingerprint density at radius 3 is 0.923 bits per heavy atom. The van der Waals surface area contributed by atoms with Crippen LogP contribution in [0.2, 0.25) is 0 Å². The number of rotatable bonds is 13. The lowest BCUT2D eigenvalue weighted by Gasteiger charge is -2.28. The molecule has 1 heterocycles. The normalized spacial score (nSPS) is 11.0. The van der Waals surface area contributed by atoms with Crippen LogP contribution in [0.25, 0.3) is 0 Å². The van der Waals surface area contributed by atoms with Crippen LogP contribution < -0.4 is 5.32 Å². The Morgan fingerprint density at radius 2 is 0.662 bits per heavy atom. The lowest BCUT2D eigenvalue weighted by Crippen LogP contribution is -2.44. The third-order valence-corrected chi connectivity index (χ3v) is 9.06. The molecule has 1 aliphatic heterocycles. The molecule has 1 aliphatic rings. The van der Waals surface area contributed by atoms with Gasteiger partial charge in [-0.2, -0.15) is 0 Å². The molecule has 7 rings (SSSR count). The maximum atomic E-state index is 9.99. The van der Waals surface area contributed by atoms with E-state index in [1.807, 2.05) is 192 Å². The summed E-state index contributed by atoms with van der Waals surface area (Å²) < 4.78 is 12.1. The summed E-state index contributed by atoms with van der Waals surface area (Å²) in [6.45, 7) is 30.7. The zero-order valence-corrected chi connectivity index (χ0v) is 43.1. The van der Waals surface area contributed by atoms with E-state index in [4.69, 9.17) is 21.1 Å². The second-order valence-corrected chi connectivity index (χ2v) is 13.0. The molecule has 2 N–H and O–H groups in total. The Kier molecular flexibility index (Phi) is 44.2. The van der Waals surface area contributed by atoms with Crippen LogP contribution in [-0.4, -0.2) is 61.8 Å². The number of aliphatic hydroxyl groups is 1. The molecule has 1 saturated heterocycles. The van der Waals surface area contributed by atoms with E-state index in [2.05, 4.69) is 83.0 Å². The molecule has 0 atom stereocenters. The Bertz CT molecular complexity index is 1660. The molecule has 0 spiro atoms. The molecule has 6 heteroatoms. The van der Waals surface area contributed by atoms with Crippen LogP contribution in [0.4, 0.5) is 0 Å². The van der Waals surface area contributed by atoms with Gasteiger partial charge in [-0.1, -0.05) is 265 Å². The number of halogens is 1. The Labute approximate surface area is 403 Å². The minimum atomic E-state index is -0.516. The van der Waals surface area contributed by atoms with Gasteiger partial charge in [0.2, 0.25) is 0 Å². The van der Waals surface area contributed by atoms with Gasteiger partial charge in [0.1, 0.15) is 18.3 Å². The average molecular weight is 908 g/mol. The van der Waals surface area contributed by atoms with Gasteiger partial charge in [-0.05, 0) is 33.4 Å². The zero-order valence-electron chi connectivity index (χ0n) is 42.3. The van der Waals surface area contributed by atoms with Gasteiger partial charge in [0.15, 0.2) is 0 Å². The number of aliphatic hydroxyl groups excluding tert-OH is 1. The lowest BCUT2D eigenvalue weighted by molar-refractivity contribution is 0.0573. The molecule has 358 valence electrons. The van der Waals surface area contributed by atoms with Crippen LogP contribution in [0, 0.1) is 0 Å². The zero-order chi connectivity index (χ0) is 48.8. The van der Waals surface area contributed by atoms with Gasteiger partial charge < -0.3 is 19.9 Å². The molecule has 0 aromatic heterocycles. The third kappa shape index (κ3) is 26.8. The van der Waals surface area contributed by atoms with E-state index in [-0.39, 0.29) is 12.2 Å². The maximum Gasteiger partial charge on any atom is 0.108 e. The molecule has 0 radical (unpaired) electrons. The fraction of sp³-hybridized carbons (Fsp3) is 0.390. The maximum absolute atomic E-state index is 9.99. The van der Waals surface area contributed by atoms with Crippen molar-refractivity contribution in [2.24, 2.45) is 0 Å². The molecule has 0 aliphatic carbocycles. The third-order valence-electron chi connectivity index (χ3n) is 8.90. The molecular weight excluding hydrogens is 820 g/mol. The summed E-state index contributed by atoms with van der Waals surface area (Å²) in [7, 11) is 0. The van der Waals surface area contributed by atoms with Crippen LogP contribution in [0.3, 0.4) is 0 Å². The first-order valence-corrected chi connectivity index (χ1v) is 25.0. The van der Waals surface area contributed by atoms with Crippen LogP contribution in [0.1, 0.15) is 135 Å². The minimum Gasteiger partial charge on any atom is -0.384 e. The van der Waals surface area contributed by atoms with E-state index in [0.29, 0.717) is 12.5 Å². The van der Waals surface area contributed by atoms with Crippen molar-refractivity contribution in [3.05, 3.63) is 215 Å². The van der Waals surface area contributed by atoms with E-state index in [1.54, 1.807) is 0 Å². The van der Waals surface area contributed by atoms with Gasteiger partial charge in [0.25, 0.3) is 0 Å². The number of nitrogens with one attached hydrogen (secondary N) is 1. The van der Waals surface area contributed by atoms with Crippen molar-refractivity contribution >= 4 is 11.6 Å². The second-order valence-electron chi connectivity index (χ2n) is 12.6. The summed E-state index contributed by atoms with van der Waals surface area (Å²) in [5.74, 6) is 0.510. The summed E-state index contributed by atoms with van der Waals surface area (Å²) in [4.78, 5) is 2.46. The van der Waals surface area contributed by atoms with Crippen LogP contribution in [0.15, 0.2) is 182 Å². The predicted octanol–water partition coefficient (Wildman–Crippen LogP) is 15.7. The predicted molar refractivity (Wildman–Crippen MR) is 286 cm³/mol. The van der Waals surface area contributed by atoms with Gasteiger partial charge in [-0.3, -0.25) is 4.90 Å². The van der Waals surface area contributed by atoms with Crippen molar-refractivity contribution in [3.63, 3.8) is 0 Å². The molecule has 0 amide bonds. The molecule has 0 bridgehead atoms. The van der Waals surface area contributed by atoms with E-state index in [1.165, 1.54) is 11.1 Å². The first kappa shape index (κ1) is 62.5.